The Labute approximate surface area is 137 Å². The van der Waals surface area contributed by atoms with Crippen LogP contribution in [0.1, 0.15) is 67.5 Å². The topological polar surface area (TPSA) is 83.1 Å². The van der Waals surface area contributed by atoms with E-state index in [1.165, 1.54) is 19.3 Å². The van der Waals surface area contributed by atoms with E-state index in [2.05, 4.69) is 10.2 Å². The molecule has 1 N–H and O–H groups in total. The second-order valence-electron chi connectivity index (χ2n) is 6.83. The zero-order valence-electron chi connectivity index (χ0n) is 13.6. The van der Waals surface area contributed by atoms with E-state index in [0.717, 1.165) is 18.5 Å². The smallest absolute Gasteiger partial charge is 0.274 e. The highest BCUT2D eigenvalue weighted by Gasteiger charge is 2.30. The molecule has 1 saturated heterocycles. The number of nitrogens with one attached hydrogen (secondary N) is 1. The zero-order valence-corrected chi connectivity index (χ0v) is 14.4. The van der Waals surface area contributed by atoms with Crippen LogP contribution in [0.4, 0.5) is 0 Å². The van der Waals surface area contributed by atoms with Crippen molar-refractivity contribution in [3.63, 3.8) is 0 Å². The summed E-state index contributed by atoms with van der Waals surface area (Å²) in [5, 5.41) is 7.23. The minimum Gasteiger partial charge on any atom is -0.333 e. The fourth-order valence-corrected chi connectivity index (χ4v) is 4.96. The van der Waals surface area contributed by atoms with Crippen LogP contribution in [0.25, 0.3) is 0 Å². The lowest BCUT2D eigenvalue weighted by Gasteiger charge is -2.25. The third-order valence-electron chi connectivity index (χ3n) is 5.14. The molecule has 1 aromatic rings. The largest absolute Gasteiger partial charge is 0.333 e. The van der Waals surface area contributed by atoms with Crippen LogP contribution in [0, 0.1) is 0 Å². The minimum atomic E-state index is -3.03. The molecular weight excluding hydrogens is 314 g/mol. The quantitative estimate of drug-likeness (QED) is 0.894. The van der Waals surface area contributed by atoms with E-state index in [-0.39, 0.29) is 30.0 Å². The summed E-state index contributed by atoms with van der Waals surface area (Å²) in [6.07, 6.45) is 6.54. The lowest BCUT2D eigenvalue weighted by atomic mass is 9.87. The summed E-state index contributed by atoms with van der Waals surface area (Å²) < 4.78 is 23.5. The lowest BCUT2D eigenvalue weighted by molar-refractivity contribution is 0.0700. The average Bonchev–Trinajstić information content (AvgIpc) is 2.99. The minimum absolute atomic E-state index is 0.0446. The van der Waals surface area contributed by atoms with Crippen LogP contribution in [0.5, 0.6) is 0 Å². The molecule has 1 aliphatic heterocycles. The molecule has 6 nitrogen and oxygen atoms in total. The molecule has 128 valence electrons. The van der Waals surface area contributed by atoms with E-state index >= 15 is 0 Å². The second kappa shape index (κ2) is 6.63. The van der Waals surface area contributed by atoms with Crippen molar-refractivity contribution in [2.75, 3.05) is 18.1 Å². The highest BCUT2D eigenvalue weighted by molar-refractivity contribution is 7.91. The predicted molar refractivity (Wildman–Crippen MR) is 88.2 cm³/mol. The highest BCUT2D eigenvalue weighted by atomic mass is 32.2. The lowest BCUT2D eigenvalue weighted by Crippen LogP contribution is -2.39. The third kappa shape index (κ3) is 3.76. The van der Waals surface area contributed by atoms with E-state index in [1.807, 2.05) is 13.0 Å². The van der Waals surface area contributed by atoms with Crippen molar-refractivity contribution in [2.45, 2.75) is 57.4 Å². The fourth-order valence-electron chi connectivity index (χ4n) is 3.58. The SMILES string of the molecule is CC1CCS(=O)(=O)CCN1C(=O)c1cc(C2CCCCC2)[nH]n1. The van der Waals surface area contributed by atoms with Gasteiger partial charge >= 0.3 is 0 Å². The number of H-pyrrole nitrogens is 1. The van der Waals surface area contributed by atoms with Gasteiger partial charge in [-0.15, -0.1) is 0 Å². The molecule has 1 amide bonds. The number of nitrogens with zero attached hydrogens (tertiary/aromatic N) is 2. The van der Waals surface area contributed by atoms with Crippen LogP contribution >= 0.6 is 0 Å². The number of amides is 1. The van der Waals surface area contributed by atoms with Gasteiger partial charge in [-0.25, -0.2) is 8.42 Å². The van der Waals surface area contributed by atoms with Crippen molar-refractivity contribution in [1.82, 2.24) is 15.1 Å². The van der Waals surface area contributed by atoms with Gasteiger partial charge in [0.1, 0.15) is 5.69 Å². The molecule has 7 heteroatoms. The summed E-state index contributed by atoms with van der Waals surface area (Å²) >= 11 is 0. The Morgan fingerprint density at radius 1 is 1.22 bits per heavy atom. The molecule has 1 unspecified atom stereocenters. The van der Waals surface area contributed by atoms with Crippen molar-refractivity contribution in [2.24, 2.45) is 0 Å². The van der Waals surface area contributed by atoms with Gasteiger partial charge in [-0.1, -0.05) is 19.3 Å². The number of aromatic nitrogens is 2. The van der Waals surface area contributed by atoms with Crippen LogP contribution in [0.3, 0.4) is 0 Å². The second-order valence-corrected chi connectivity index (χ2v) is 9.14. The molecule has 3 rings (SSSR count). The molecule has 2 fully saturated rings. The van der Waals surface area contributed by atoms with Gasteiger partial charge < -0.3 is 4.90 Å². The van der Waals surface area contributed by atoms with Crippen molar-refractivity contribution in [3.8, 4) is 0 Å². The van der Waals surface area contributed by atoms with Crippen molar-refractivity contribution in [1.29, 1.82) is 0 Å². The van der Waals surface area contributed by atoms with Gasteiger partial charge in [0.25, 0.3) is 5.91 Å². The highest BCUT2D eigenvalue weighted by Crippen LogP contribution is 2.31. The van der Waals surface area contributed by atoms with E-state index in [1.54, 1.807) is 4.90 Å². The molecule has 2 heterocycles. The molecule has 1 aliphatic carbocycles. The molecule has 2 aliphatic rings. The normalized spacial score (nSPS) is 26.0. The Morgan fingerprint density at radius 3 is 2.70 bits per heavy atom. The maximum Gasteiger partial charge on any atom is 0.274 e. The predicted octanol–water partition coefficient (Wildman–Crippen LogP) is 2.11. The molecule has 1 aromatic heterocycles. The molecule has 0 aromatic carbocycles. The standard InChI is InChI=1S/C16H25N3O3S/c1-12-7-9-23(21,22)10-8-19(12)16(20)15-11-14(17-18-15)13-5-3-2-4-6-13/h11-13H,2-10H2,1H3,(H,17,18). The Hall–Kier alpha value is -1.37. The zero-order chi connectivity index (χ0) is 16.4. The van der Waals surface area contributed by atoms with Crippen LogP contribution in [-0.4, -0.2) is 53.5 Å². The van der Waals surface area contributed by atoms with Crippen LogP contribution in [0.15, 0.2) is 6.07 Å². The van der Waals surface area contributed by atoms with E-state index in [9.17, 15) is 13.2 Å². The number of hydrogen-bond acceptors (Lipinski definition) is 4. The number of carbonyl (C=O) groups is 1. The first-order valence-corrected chi connectivity index (χ1v) is 10.3. The summed E-state index contributed by atoms with van der Waals surface area (Å²) in [5.41, 5.74) is 1.46. The van der Waals surface area contributed by atoms with Gasteiger partial charge in [0.15, 0.2) is 9.84 Å². The number of aromatic amines is 1. The molecule has 0 spiro atoms. The third-order valence-corrected chi connectivity index (χ3v) is 6.81. The average molecular weight is 339 g/mol. The number of carbonyl (C=O) groups excluding carboxylic acids is 1. The summed E-state index contributed by atoms with van der Waals surface area (Å²) in [5.74, 6) is 0.516. The first kappa shape index (κ1) is 16.5. The molecular formula is C16H25N3O3S. The Balaban J connectivity index is 1.73. The van der Waals surface area contributed by atoms with Gasteiger partial charge in [-0.2, -0.15) is 5.10 Å². The summed E-state index contributed by atoms with van der Waals surface area (Å²) in [6.45, 7) is 2.17. The molecule has 1 saturated carbocycles. The van der Waals surface area contributed by atoms with E-state index in [0.29, 0.717) is 18.0 Å². The monoisotopic (exact) mass is 339 g/mol. The summed E-state index contributed by atoms with van der Waals surface area (Å²) in [6, 6.07) is 1.79. The Bertz CT molecular complexity index is 662. The van der Waals surface area contributed by atoms with Crippen LogP contribution in [-0.2, 0) is 9.84 Å². The molecule has 0 radical (unpaired) electrons. The van der Waals surface area contributed by atoms with Crippen LogP contribution < -0.4 is 0 Å². The fraction of sp³-hybridized carbons (Fsp3) is 0.750. The molecule has 23 heavy (non-hydrogen) atoms. The van der Waals surface area contributed by atoms with Crippen LogP contribution in [0.2, 0.25) is 0 Å². The summed E-state index contributed by atoms with van der Waals surface area (Å²) in [7, 11) is -3.03. The van der Waals surface area contributed by atoms with Gasteiger partial charge in [0.2, 0.25) is 0 Å². The van der Waals surface area contributed by atoms with Crippen molar-refractivity contribution >= 4 is 15.7 Å². The number of hydrogen-bond donors (Lipinski definition) is 1. The maximum absolute atomic E-state index is 12.7. The van der Waals surface area contributed by atoms with E-state index in [4.69, 9.17) is 0 Å². The molecule has 0 bridgehead atoms. The first-order chi connectivity index (χ1) is 11.0. The maximum atomic E-state index is 12.7. The van der Waals surface area contributed by atoms with Crippen molar-refractivity contribution in [3.05, 3.63) is 17.5 Å². The Kier molecular flexibility index (Phi) is 4.75. The van der Waals surface area contributed by atoms with Gasteiger partial charge in [0.05, 0.1) is 11.5 Å². The molecule has 1 atom stereocenters. The van der Waals surface area contributed by atoms with Crippen molar-refractivity contribution < 1.29 is 13.2 Å². The van der Waals surface area contributed by atoms with Gasteiger partial charge in [-0.05, 0) is 32.3 Å². The number of rotatable bonds is 2. The first-order valence-electron chi connectivity index (χ1n) is 8.53. The van der Waals surface area contributed by atoms with Gasteiger partial charge in [-0.3, -0.25) is 9.89 Å². The number of sulfone groups is 1. The van der Waals surface area contributed by atoms with E-state index < -0.39 is 9.84 Å². The van der Waals surface area contributed by atoms with Gasteiger partial charge in [0, 0.05) is 24.2 Å². The summed E-state index contributed by atoms with van der Waals surface area (Å²) in [4.78, 5) is 14.4. The Morgan fingerprint density at radius 2 is 1.96 bits per heavy atom.